The highest BCUT2D eigenvalue weighted by Gasteiger charge is 2.23. The van der Waals surface area contributed by atoms with Crippen molar-refractivity contribution in [3.05, 3.63) is 77.6 Å². The predicted octanol–water partition coefficient (Wildman–Crippen LogP) is 4.21. The molecule has 28 heavy (non-hydrogen) atoms. The molecule has 5 heteroatoms. The largest absolute Gasteiger partial charge is 0.392 e. The van der Waals surface area contributed by atoms with Crippen molar-refractivity contribution in [1.82, 2.24) is 9.97 Å². The number of nitrogens with zero attached hydrogens (tertiary/aromatic N) is 2. The lowest BCUT2D eigenvalue weighted by atomic mass is 9.95. The monoisotopic (exact) mass is 375 g/mol. The van der Waals surface area contributed by atoms with Crippen LogP contribution in [-0.2, 0) is 17.8 Å². The third kappa shape index (κ3) is 4.81. The van der Waals surface area contributed by atoms with Gasteiger partial charge in [0.1, 0.15) is 0 Å². The Kier molecular flexibility index (Phi) is 5.85. The number of carbonyl (C=O) groups excluding carboxylic acids is 1. The van der Waals surface area contributed by atoms with Crippen LogP contribution in [0, 0.1) is 5.41 Å². The van der Waals surface area contributed by atoms with Crippen molar-refractivity contribution >= 4 is 11.7 Å². The van der Waals surface area contributed by atoms with Gasteiger partial charge in [0, 0.05) is 17.4 Å². The number of aliphatic hydroxyl groups is 1. The van der Waals surface area contributed by atoms with Crippen LogP contribution in [-0.4, -0.2) is 21.0 Å². The minimum absolute atomic E-state index is 0.00296. The number of carbonyl (C=O) groups is 1. The van der Waals surface area contributed by atoms with Crippen LogP contribution in [0.5, 0.6) is 0 Å². The summed E-state index contributed by atoms with van der Waals surface area (Å²) in [4.78, 5) is 21.8. The molecule has 144 valence electrons. The molecule has 0 aliphatic carbocycles. The Hall–Kier alpha value is -3.05. The molecule has 2 N–H and O–H groups in total. The van der Waals surface area contributed by atoms with E-state index in [2.05, 4.69) is 10.3 Å². The third-order valence-electron chi connectivity index (χ3n) is 4.40. The van der Waals surface area contributed by atoms with Gasteiger partial charge in [-0.25, -0.2) is 9.97 Å². The fraction of sp³-hybridized carbons (Fsp3) is 0.261. The Morgan fingerprint density at radius 2 is 1.68 bits per heavy atom. The molecule has 1 heterocycles. The molecule has 0 aliphatic rings. The average molecular weight is 375 g/mol. The van der Waals surface area contributed by atoms with Crippen LogP contribution >= 0.6 is 0 Å². The minimum atomic E-state index is -0.523. The van der Waals surface area contributed by atoms with Crippen LogP contribution in [0.15, 0.2) is 60.8 Å². The summed E-state index contributed by atoms with van der Waals surface area (Å²) >= 11 is 0. The van der Waals surface area contributed by atoms with Crippen LogP contribution in [0.2, 0.25) is 0 Å². The maximum atomic E-state index is 12.5. The van der Waals surface area contributed by atoms with Crippen molar-refractivity contribution in [2.45, 2.75) is 33.8 Å². The Balaban J connectivity index is 1.98. The quantitative estimate of drug-likeness (QED) is 0.700. The Morgan fingerprint density at radius 3 is 2.29 bits per heavy atom. The van der Waals surface area contributed by atoms with E-state index in [1.807, 2.05) is 75.4 Å². The second-order valence-corrected chi connectivity index (χ2v) is 7.77. The number of rotatable bonds is 5. The van der Waals surface area contributed by atoms with Gasteiger partial charge >= 0.3 is 0 Å². The van der Waals surface area contributed by atoms with Crippen molar-refractivity contribution in [2.75, 3.05) is 5.32 Å². The molecule has 0 saturated carbocycles. The molecule has 5 nitrogen and oxygen atoms in total. The zero-order valence-corrected chi connectivity index (χ0v) is 16.4. The highest BCUT2D eigenvalue weighted by molar-refractivity contribution is 5.94. The number of amides is 1. The normalized spacial score (nSPS) is 11.3. The van der Waals surface area contributed by atoms with Gasteiger partial charge in [0.2, 0.25) is 5.91 Å². The number of hydrogen-bond donors (Lipinski definition) is 2. The molecule has 3 aromatic rings. The first kappa shape index (κ1) is 19.7. The van der Waals surface area contributed by atoms with Gasteiger partial charge < -0.3 is 10.4 Å². The minimum Gasteiger partial charge on any atom is -0.392 e. The highest BCUT2D eigenvalue weighted by Crippen LogP contribution is 2.24. The first-order valence-corrected chi connectivity index (χ1v) is 9.28. The molecule has 2 aromatic carbocycles. The number of benzene rings is 2. The van der Waals surface area contributed by atoms with Gasteiger partial charge in [-0.15, -0.1) is 0 Å². The summed E-state index contributed by atoms with van der Waals surface area (Å²) in [6.45, 7) is 5.60. The summed E-state index contributed by atoms with van der Waals surface area (Å²) in [7, 11) is 0. The summed E-state index contributed by atoms with van der Waals surface area (Å²) in [5.74, 6) is 0.385. The summed E-state index contributed by atoms with van der Waals surface area (Å²) in [5.41, 5.74) is 3.76. The molecule has 0 unspecified atom stereocenters. The van der Waals surface area contributed by atoms with Gasteiger partial charge in [-0.2, -0.15) is 0 Å². The lowest BCUT2D eigenvalue weighted by Crippen LogP contribution is -2.28. The van der Waals surface area contributed by atoms with Gasteiger partial charge in [-0.3, -0.25) is 4.79 Å². The van der Waals surface area contributed by atoms with Crippen molar-refractivity contribution in [1.29, 1.82) is 0 Å². The Labute approximate surface area is 165 Å². The van der Waals surface area contributed by atoms with E-state index >= 15 is 0 Å². The molecule has 0 saturated heterocycles. The number of anilines is 1. The van der Waals surface area contributed by atoms with Gasteiger partial charge in [0.25, 0.3) is 0 Å². The highest BCUT2D eigenvalue weighted by atomic mass is 16.3. The zero-order chi connectivity index (χ0) is 20.1. The smallest absolute Gasteiger partial charge is 0.230 e. The molecular formula is C23H25N3O2. The van der Waals surface area contributed by atoms with Gasteiger partial charge in [-0.1, -0.05) is 75.4 Å². The summed E-state index contributed by atoms with van der Waals surface area (Å²) in [5, 5.41) is 12.1. The summed E-state index contributed by atoms with van der Waals surface area (Å²) in [6.07, 6.45) is 2.23. The van der Waals surface area contributed by atoms with Crippen molar-refractivity contribution in [3.8, 4) is 11.3 Å². The maximum absolute atomic E-state index is 12.5. The topological polar surface area (TPSA) is 75.1 Å². The Bertz CT molecular complexity index is 946. The lowest BCUT2D eigenvalue weighted by molar-refractivity contribution is -0.123. The van der Waals surface area contributed by atoms with E-state index in [1.54, 1.807) is 6.20 Å². The first-order chi connectivity index (χ1) is 13.4. The fourth-order valence-electron chi connectivity index (χ4n) is 2.66. The molecular weight excluding hydrogens is 350 g/mol. The third-order valence-corrected chi connectivity index (χ3v) is 4.40. The molecule has 1 amide bonds. The van der Waals surface area contributed by atoms with E-state index in [1.165, 1.54) is 0 Å². The Morgan fingerprint density at radius 1 is 1.00 bits per heavy atom. The average Bonchev–Trinajstić information content (AvgIpc) is 2.69. The fourth-order valence-corrected chi connectivity index (χ4v) is 2.66. The second kappa shape index (κ2) is 8.31. The van der Waals surface area contributed by atoms with Crippen LogP contribution in [0.1, 0.15) is 37.6 Å². The van der Waals surface area contributed by atoms with Gasteiger partial charge in [0.15, 0.2) is 5.82 Å². The number of aliphatic hydroxyl groups excluding tert-OH is 1. The van der Waals surface area contributed by atoms with E-state index in [0.717, 1.165) is 22.4 Å². The van der Waals surface area contributed by atoms with Crippen molar-refractivity contribution in [2.24, 2.45) is 5.41 Å². The number of hydrogen-bond acceptors (Lipinski definition) is 4. The predicted molar refractivity (Wildman–Crippen MR) is 111 cm³/mol. The van der Waals surface area contributed by atoms with E-state index in [-0.39, 0.29) is 12.5 Å². The molecule has 0 radical (unpaired) electrons. The van der Waals surface area contributed by atoms with E-state index in [4.69, 9.17) is 4.98 Å². The van der Waals surface area contributed by atoms with Crippen LogP contribution in [0.4, 0.5) is 5.82 Å². The number of aromatic nitrogens is 2. The molecule has 1 aromatic heterocycles. The van der Waals surface area contributed by atoms with Gasteiger partial charge in [-0.05, 0) is 11.1 Å². The molecule has 0 fully saturated rings. The SMILES string of the molecule is CC(C)(C)C(=O)Nc1ncc(-c2ccc(CO)cc2)nc1Cc1ccccc1. The first-order valence-electron chi connectivity index (χ1n) is 9.28. The zero-order valence-electron chi connectivity index (χ0n) is 16.4. The van der Waals surface area contributed by atoms with Crippen LogP contribution < -0.4 is 5.32 Å². The summed E-state index contributed by atoms with van der Waals surface area (Å²) in [6, 6.07) is 17.5. The number of nitrogens with one attached hydrogen (secondary N) is 1. The molecule has 0 bridgehead atoms. The summed E-state index contributed by atoms with van der Waals surface area (Å²) < 4.78 is 0. The molecule has 3 rings (SSSR count). The van der Waals surface area contributed by atoms with Crippen molar-refractivity contribution in [3.63, 3.8) is 0 Å². The standard InChI is InChI=1S/C23H25N3O2/c1-23(2,3)22(28)26-21-19(13-16-7-5-4-6-8-16)25-20(14-24-21)18-11-9-17(15-27)10-12-18/h4-12,14,27H,13,15H2,1-3H3,(H,24,26,28). The molecule has 0 atom stereocenters. The van der Waals surface area contributed by atoms with Gasteiger partial charge in [0.05, 0.1) is 24.2 Å². The second-order valence-electron chi connectivity index (χ2n) is 7.77. The molecule has 0 spiro atoms. The van der Waals surface area contributed by atoms with E-state index in [0.29, 0.717) is 17.9 Å². The lowest BCUT2D eigenvalue weighted by Gasteiger charge is -2.19. The van der Waals surface area contributed by atoms with Crippen LogP contribution in [0.3, 0.4) is 0 Å². The molecule has 0 aliphatic heterocycles. The maximum Gasteiger partial charge on any atom is 0.230 e. The van der Waals surface area contributed by atoms with Crippen molar-refractivity contribution < 1.29 is 9.90 Å². The van der Waals surface area contributed by atoms with E-state index < -0.39 is 5.41 Å². The van der Waals surface area contributed by atoms with E-state index in [9.17, 15) is 9.90 Å². The van der Waals surface area contributed by atoms with Crippen LogP contribution in [0.25, 0.3) is 11.3 Å².